The van der Waals surface area contributed by atoms with E-state index in [2.05, 4.69) is 11.9 Å². The molecule has 4 rings (SSSR count). The van der Waals surface area contributed by atoms with Gasteiger partial charge < -0.3 is 4.74 Å². The van der Waals surface area contributed by atoms with E-state index in [0.717, 1.165) is 16.2 Å². The lowest BCUT2D eigenvalue weighted by Crippen LogP contribution is -2.29. The van der Waals surface area contributed by atoms with Gasteiger partial charge in [0.1, 0.15) is 0 Å². The van der Waals surface area contributed by atoms with Crippen LogP contribution in [-0.2, 0) is 9.53 Å². The third kappa shape index (κ3) is 3.40. The highest BCUT2D eigenvalue weighted by molar-refractivity contribution is 6.16. The molecule has 0 aliphatic heterocycles. The number of carbonyl (C=O) groups is 1. The van der Waals surface area contributed by atoms with Gasteiger partial charge in [0, 0.05) is 10.8 Å². The Bertz CT molecular complexity index is 1330. The van der Waals surface area contributed by atoms with Crippen LogP contribution in [0.15, 0.2) is 84.2 Å². The minimum Gasteiger partial charge on any atom is -0.443 e. The van der Waals surface area contributed by atoms with Crippen LogP contribution in [0.25, 0.3) is 32.8 Å². The van der Waals surface area contributed by atoms with E-state index in [9.17, 15) is 9.59 Å². The molecule has 0 saturated carbocycles. The zero-order chi connectivity index (χ0) is 21.3. The molecule has 150 valence electrons. The van der Waals surface area contributed by atoms with E-state index in [1.54, 1.807) is 24.6 Å². The van der Waals surface area contributed by atoms with Crippen LogP contribution in [0.5, 0.6) is 0 Å². The Balaban J connectivity index is 2.01. The molecule has 0 amide bonds. The quantitative estimate of drug-likeness (QED) is 0.310. The van der Waals surface area contributed by atoms with Gasteiger partial charge in [0.05, 0.1) is 17.0 Å². The van der Waals surface area contributed by atoms with Crippen molar-refractivity contribution in [3.05, 3.63) is 95.4 Å². The lowest BCUT2D eigenvalue weighted by Gasteiger charge is -2.19. The van der Waals surface area contributed by atoms with Gasteiger partial charge in [-0.25, -0.2) is 4.79 Å². The maximum absolute atomic E-state index is 13.6. The number of benzene rings is 3. The lowest BCUT2D eigenvalue weighted by molar-refractivity contribution is -0.142. The molecule has 1 atom stereocenters. The molecule has 0 aliphatic rings. The van der Waals surface area contributed by atoms with Crippen LogP contribution in [0, 0.1) is 0 Å². The Morgan fingerprint density at radius 3 is 2.33 bits per heavy atom. The van der Waals surface area contributed by atoms with E-state index >= 15 is 0 Å². The highest BCUT2D eigenvalue weighted by Crippen LogP contribution is 2.27. The normalized spacial score (nSPS) is 12.1. The Hall–Kier alpha value is -3.70. The number of pyridine rings is 1. The molecule has 1 N–H and O–H groups in total. The fraction of sp³-hybridized carbons (Fsp3) is 0.120. The number of nitrogens with one attached hydrogen (secondary N) is 1. The molecule has 3 aromatic carbocycles. The molecule has 1 aromatic heterocycles. The van der Waals surface area contributed by atoms with Crippen LogP contribution in [0.1, 0.15) is 12.6 Å². The van der Waals surface area contributed by atoms with Crippen molar-refractivity contribution in [3.8, 4) is 5.69 Å². The molecule has 0 bridgehead atoms. The second-order valence-corrected chi connectivity index (χ2v) is 7.07. The predicted octanol–water partition coefficient (Wildman–Crippen LogP) is 4.27. The molecule has 1 heterocycles. The van der Waals surface area contributed by atoms with Crippen LogP contribution in [0.2, 0.25) is 0 Å². The number of esters is 1. The number of nitrogens with zero attached hydrogens (tertiary/aromatic N) is 1. The third-order valence-corrected chi connectivity index (χ3v) is 5.18. The van der Waals surface area contributed by atoms with Crippen molar-refractivity contribution in [1.29, 1.82) is 0 Å². The Kier molecular flexibility index (Phi) is 5.21. The molecule has 0 aliphatic carbocycles. The predicted molar refractivity (Wildman–Crippen MR) is 121 cm³/mol. The fourth-order valence-electron chi connectivity index (χ4n) is 3.52. The van der Waals surface area contributed by atoms with Crippen molar-refractivity contribution in [2.75, 3.05) is 7.05 Å². The van der Waals surface area contributed by atoms with Crippen molar-refractivity contribution in [3.63, 3.8) is 0 Å². The van der Waals surface area contributed by atoms with E-state index in [-0.39, 0.29) is 11.1 Å². The molecule has 5 nitrogen and oxygen atoms in total. The van der Waals surface area contributed by atoms with E-state index in [0.29, 0.717) is 16.8 Å². The average molecular weight is 398 g/mol. The maximum atomic E-state index is 13.6. The minimum atomic E-state index is -0.583. The third-order valence-electron chi connectivity index (χ3n) is 5.18. The van der Waals surface area contributed by atoms with Crippen LogP contribution >= 0.6 is 0 Å². The van der Waals surface area contributed by atoms with Gasteiger partial charge in [-0.15, -0.1) is 0 Å². The molecule has 1 unspecified atom stereocenters. The number of fused-ring (bicyclic) bond motifs is 2. The molecular weight excluding hydrogens is 376 g/mol. The highest BCUT2D eigenvalue weighted by atomic mass is 16.6. The van der Waals surface area contributed by atoms with Gasteiger partial charge in [-0.3, -0.25) is 14.7 Å². The first-order valence-electron chi connectivity index (χ1n) is 9.71. The zero-order valence-corrected chi connectivity index (χ0v) is 16.9. The summed E-state index contributed by atoms with van der Waals surface area (Å²) in [6.07, 6.45) is -0.479. The van der Waals surface area contributed by atoms with Crippen molar-refractivity contribution in [1.82, 2.24) is 9.88 Å². The van der Waals surface area contributed by atoms with Crippen LogP contribution in [-0.4, -0.2) is 23.8 Å². The zero-order valence-electron chi connectivity index (χ0n) is 16.9. The van der Waals surface area contributed by atoms with E-state index in [1.807, 2.05) is 66.7 Å². The Morgan fingerprint density at radius 1 is 0.967 bits per heavy atom. The summed E-state index contributed by atoms with van der Waals surface area (Å²) in [5.41, 5.74) is 1.00. The van der Waals surface area contributed by atoms with Gasteiger partial charge in [0.15, 0.2) is 6.23 Å². The smallest absolute Gasteiger partial charge is 0.341 e. The molecule has 0 spiro atoms. The first-order valence-corrected chi connectivity index (χ1v) is 9.71. The Labute approximate surface area is 174 Å². The van der Waals surface area contributed by atoms with Gasteiger partial charge in [-0.05, 0) is 42.9 Å². The number of ether oxygens (including phenoxy) is 1. The number of aromatic nitrogens is 1. The molecule has 5 heteroatoms. The maximum Gasteiger partial charge on any atom is 0.341 e. The van der Waals surface area contributed by atoms with E-state index in [4.69, 9.17) is 4.74 Å². The van der Waals surface area contributed by atoms with Gasteiger partial charge >= 0.3 is 5.97 Å². The van der Waals surface area contributed by atoms with E-state index in [1.165, 1.54) is 0 Å². The monoisotopic (exact) mass is 398 g/mol. The van der Waals surface area contributed by atoms with Gasteiger partial charge in [-0.2, -0.15) is 0 Å². The van der Waals surface area contributed by atoms with Crippen LogP contribution in [0.3, 0.4) is 0 Å². The second kappa shape index (κ2) is 7.97. The summed E-state index contributed by atoms with van der Waals surface area (Å²) in [6.45, 7) is 5.69. The average Bonchev–Trinajstić information content (AvgIpc) is 2.78. The summed E-state index contributed by atoms with van der Waals surface area (Å²) < 4.78 is 6.93. The molecule has 0 fully saturated rings. The number of hydrogen-bond donors (Lipinski definition) is 1. The Morgan fingerprint density at radius 2 is 1.60 bits per heavy atom. The van der Waals surface area contributed by atoms with Crippen LogP contribution in [0.4, 0.5) is 0 Å². The van der Waals surface area contributed by atoms with Crippen molar-refractivity contribution in [2.24, 2.45) is 0 Å². The first-order chi connectivity index (χ1) is 14.5. The van der Waals surface area contributed by atoms with Crippen molar-refractivity contribution >= 4 is 33.1 Å². The molecule has 0 radical (unpaired) electrons. The summed E-state index contributed by atoms with van der Waals surface area (Å²) >= 11 is 0. The SMILES string of the molecule is C=C(C(=O)OC(C)NC)c1cc2ccccc2c(=O)n1-c1cccc2ccccc12. The standard InChI is InChI=1S/C25H22N2O3/c1-16(25(29)30-17(2)26-3)23-15-19-10-5-7-13-21(19)24(28)27(23)22-14-8-11-18-9-4-6-12-20(18)22/h4-15,17,26H,1H2,2-3H3. The van der Waals surface area contributed by atoms with Gasteiger partial charge in [0.25, 0.3) is 5.56 Å². The molecule has 0 saturated heterocycles. The molecule has 4 aromatic rings. The van der Waals surface area contributed by atoms with Gasteiger partial charge in [0.2, 0.25) is 0 Å². The largest absolute Gasteiger partial charge is 0.443 e. The summed E-state index contributed by atoms with van der Waals surface area (Å²) in [7, 11) is 1.70. The van der Waals surface area contributed by atoms with Crippen molar-refractivity contribution in [2.45, 2.75) is 13.2 Å². The van der Waals surface area contributed by atoms with Gasteiger partial charge in [-0.1, -0.05) is 61.2 Å². The number of carbonyl (C=O) groups excluding carboxylic acids is 1. The fourth-order valence-corrected chi connectivity index (χ4v) is 3.52. The highest BCUT2D eigenvalue weighted by Gasteiger charge is 2.21. The lowest BCUT2D eigenvalue weighted by atomic mass is 10.0. The summed E-state index contributed by atoms with van der Waals surface area (Å²) in [5.74, 6) is -0.583. The molecular formula is C25H22N2O3. The topological polar surface area (TPSA) is 60.3 Å². The second-order valence-electron chi connectivity index (χ2n) is 7.07. The summed E-state index contributed by atoms with van der Waals surface area (Å²) in [5, 5.41) is 6.07. The summed E-state index contributed by atoms with van der Waals surface area (Å²) in [4.78, 5) is 26.3. The number of rotatable bonds is 5. The van der Waals surface area contributed by atoms with Crippen LogP contribution < -0.4 is 10.9 Å². The summed E-state index contributed by atoms with van der Waals surface area (Å²) in [6, 6.07) is 22.7. The van der Waals surface area contributed by atoms with E-state index < -0.39 is 12.2 Å². The molecule has 30 heavy (non-hydrogen) atoms. The minimum absolute atomic E-state index is 0.118. The number of hydrogen-bond acceptors (Lipinski definition) is 4. The van der Waals surface area contributed by atoms with Crippen molar-refractivity contribution < 1.29 is 9.53 Å². The first kappa shape index (κ1) is 19.6.